The Bertz CT molecular complexity index is 1180. The molecule has 0 saturated carbocycles. The molecule has 1 heterocycles. The number of rotatable bonds is 8. The molecule has 4 aromatic rings. The molecule has 5 nitrogen and oxygen atoms in total. The fraction of sp³-hybridized carbons (Fsp3) is 0.231. The van der Waals surface area contributed by atoms with Crippen LogP contribution in [-0.2, 0) is 13.1 Å². The van der Waals surface area contributed by atoms with Gasteiger partial charge in [0.25, 0.3) is 0 Å². The second kappa shape index (κ2) is 9.55. The van der Waals surface area contributed by atoms with Gasteiger partial charge < -0.3 is 16.0 Å². The van der Waals surface area contributed by atoms with Gasteiger partial charge in [0.05, 0.1) is 11.1 Å². The summed E-state index contributed by atoms with van der Waals surface area (Å²) in [5.74, 6) is 1.45. The third-order valence-corrected chi connectivity index (χ3v) is 5.87. The molecule has 4 rings (SSSR count). The summed E-state index contributed by atoms with van der Waals surface area (Å²) in [6.07, 6.45) is 0. The van der Waals surface area contributed by atoms with Crippen LogP contribution < -0.4 is 16.0 Å². The summed E-state index contributed by atoms with van der Waals surface area (Å²) in [5, 5.41) is 5.21. The van der Waals surface area contributed by atoms with E-state index < -0.39 is 0 Å². The molecule has 0 atom stereocenters. The van der Waals surface area contributed by atoms with Crippen LogP contribution in [0, 0.1) is 0 Å². The van der Waals surface area contributed by atoms with Crippen LogP contribution in [-0.4, -0.2) is 22.1 Å². The van der Waals surface area contributed by atoms with Gasteiger partial charge in [-0.25, -0.2) is 4.98 Å². The average molecular weight is 446 g/mol. The molecule has 0 bridgehead atoms. The summed E-state index contributed by atoms with van der Waals surface area (Å²) in [6.45, 7) is 6.02. The van der Waals surface area contributed by atoms with Crippen LogP contribution in [0.2, 0.25) is 5.02 Å². The molecule has 0 unspecified atom stereocenters. The number of hydrogen-bond donors (Lipinski definition) is 2. The number of fused-ring (bicyclic) bond motifs is 1. The maximum atomic E-state index is 6.17. The van der Waals surface area contributed by atoms with E-state index in [1.165, 1.54) is 5.56 Å². The van der Waals surface area contributed by atoms with E-state index in [9.17, 15) is 0 Å². The maximum Gasteiger partial charge on any atom is 0.228 e. The molecule has 0 aliphatic carbocycles. The average Bonchev–Trinajstić information content (AvgIpc) is 2.82. The monoisotopic (exact) mass is 445 g/mol. The predicted molar refractivity (Wildman–Crippen MR) is 134 cm³/mol. The lowest BCUT2D eigenvalue weighted by Gasteiger charge is -2.38. The minimum atomic E-state index is -0.328. The highest BCUT2D eigenvalue weighted by atomic mass is 35.5. The standard InChI is InChI=1S/C26H28ClN5/c1-26(2,18-28)32(17-20-8-4-3-5-9-20)25-30-23-11-7-6-10-22(23)24(31-25)29-16-19-12-14-21(27)15-13-19/h3-15H,16-18,28H2,1-2H3,(H,29,30,31). The summed E-state index contributed by atoms with van der Waals surface area (Å²) in [4.78, 5) is 12.1. The number of para-hydroxylation sites is 1. The van der Waals surface area contributed by atoms with Crippen LogP contribution in [0.25, 0.3) is 10.9 Å². The van der Waals surface area contributed by atoms with E-state index in [4.69, 9.17) is 27.3 Å². The van der Waals surface area contributed by atoms with E-state index in [-0.39, 0.29) is 5.54 Å². The number of benzene rings is 3. The third kappa shape index (κ3) is 5.01. The fourth-order valence-electron chi connectivity index (χ4n) is 3.54. The minimum absolute atomic E-state index is 0.328. The summed E-state index contributed by atoms with van der Waals surface area (Å²) < 4.78 is 0. The Morgan fingerprint density at radius 3 is 2.28 bits per heavy atom. The number of nitrogens with zero attached hydrogens (tertiary/aromatic N) is 3. The van der Waals surface area contributed by atoms with E-state index in [0.29, 0.717) is 25.6 Å². The van der Waals surface area contributed by atoms with Crippen LogP contribution in [0.1, 0.15) is 25.0 Å². The first-order valence-electron chi connectivity index (χ1n) is 10.7. The third-order valence-electron chi connectivity index (χ3n) is 5.62. The highest BCUT2D eigenvalue weighted by Gasteiger charge is 2.28. The molecular formula is C26H28ClN5. The maximum absolute atomic E-state index is 6.17. The van der Waals surface area contributed by atoms with Gasteiger partial charge in [0.2, 0.25) is 5.95 Å². The van der Waals surface area contributed by atoms with Crippen LogP contribution >= 0.6 is 11.6 Å². The van der Waals surface area contributed by atoms with Gasteiger partial charge in [-0.15, -0.1) is 0 Å². The van der Waals surface area contributed by atoms with Gasteiger partial charge in [0.15, 0.2) is 0 Å². The lowest BCUT2D eigenvalue weighted by molar-refractivity contribution is 0.459. The first-order valence-corrected chi connectivity index (χ1v) is 11.1. The molecule has 0 amide bonds. The Labute approximate surface area is 194 Å². The lowest BCUT2D eigenvalue weighted by atomic mass is 10.0. The van der Waals surface area contributed by atoms with E-state index in [2.05, 4.69) is 36.2 Å². The summed E-state index contributed by atoms with van der Waals surface area (Å²) in [6, 6.07) is 26.2. The summed E-state index contributed by atoms with van der Waals surface area (Å²) >= 11 is 6.03. The van der Waals surface area contributed by atoms with E-state index in [0.717, 1.165) is 27.3 Å². The molecule has 0 fully saturated rings. The van der Waals surface area contributed by atoms with Gasteiger partial charge >= 0.3 is 0 Å². The molecule has 3 N–H and O–H groups in total. The highest BCUT2D eigenvalue weighted by molar-refractivity contribution is 6.30. The van der Waals surface area contributed by atoms with Crippen molar-refractivity contribution in [1.82, 2.24) is 9.97 Å². The molecule has 0 saturated heterocycles. The quantitative estimate of drug-likeness (QED) is 0.367. The van der Waals surface area contributed by atoms with Crippen LogP contribution in [0.3, 0.4) is 0 Å². The number of aromatic nitrogens is 2. The minimum Gasteiger partial charge on any atom is -0.365 e. The normalized spacial score (nSPS) is 11.5. The first-order chi connectivity index (χ1) is 15.5. The van der Waals surface area contributed by atoms with Crippen molar-refractivity contribution in [2.75, 3.05) is 16.8 Å². The summed E-state index contributed by atoms with van der Waals surface area (Å²) in [5.41, 5.74) is 9.04. The van der Waals surface area contributed by atoms with Crippen molar-refractivity contribution in [3.8, 4) is 0 Å². The van der Waals surface area contributed by atoms with Gasteiger partial charge in [-0.05, 0) is 49.2 Å². The molecule has 0 aliphatic rings. The second-order valence-corrected chi connectivity index (χ2v) is 8.89. The highest BCUT2D eigenvalue weighted by Crippen LogP contribution is 2.29. The van der Waals surface area contributed by atoms with Gasteiger partial charge in [0, 0.05) is 30.0 Å². The predicted octanol–water partition coefficient (Wildman–Crippen LogP) is 5.64. The smallest absolute Gasteiger partial charge is 0.228 e. The van der Waals surface area contributed by atoms with Crippen LogP contribution in [0.5, 0.6) is 0 Å². The lowest BCUT2D eigenvalue weighted by Crippen LogP contribution is -2.50. The zero-order valence-corrected chi connectivity index (χ0v) is 19.2. The SMILES string of the molecule is CC(C)(CN)N(Cc1ccccc1)c1nc(NCc2ccc(Cl)cc2)c2ccccc2n1. The fourth-order valence-corrected chi connectivity index (χ4v) is 3.67. The molecule has 0 spiro atoms. The van der Waals surface area contributed by atoms with E-state index in [1.807, 2.05) is 66.7 Å². The molecule has 1 aromatic heterocycles. The Hall–Kier alpha value is -3.15. The van der Waals surface area contributed by atoms with Gasteiger partial charge in [-0.2, -0.15) is 4.98 Å². The molecule has 6 heteroatoms. The first kappa shape index (κ1) is 22.1. The van der Waals surface area contributed by atoms with Gasteiger partial charge in [-0.3, -0.25) is 0 Å². The van der Waals surface area contributed by atoms with Crippen LogP contribution in [0.4, 0.5) is 11.8 Å². The molecule has 32 heavy (non-hydrogen) atoms. The zero-order chi connectivity index (χ0) is 22.6. The molecule has 3 aromatic carbocycles. The molecular weight excluding hydrogens is 418 g/mol. The van der Waals surface area contributed by atoms with Crippen LogP contribution in [0.15, 0.2) is 78.9 Å². The molecule has 0 aliphatic heterocycles. The zero-order valence-electron chi connectivity index (χ0n) is 18.4. The van der Waals surface area contributed by atoms with Crippen molar-refractivity contribution >= 4 is 34.3 Å². The van der Waals surface area contributed by atoms with Crippen molar-refractivity contribution in [2.45, 2.75) is 32.5 Å². The number of hydrogen-bond acceptors (Lipinski definition) is 5. The Balaban J connectivity index is 1.73. The van der Waals surface area contributed by atoms with Crippen molar-refractivity contribution in [3.63, 3.8) is 0 Å². The van der Waals surface area contributed by atoms with Gasteiger partial charge in [0.1, 0.15) is 5.82 Å². The van der Waals surface area contributed by atoms with E-state index in [1.54, 1.807) is 0 Å². The molecule has 0 radical (unpaired) electrons. The number of halogens is 1. The topological polar surface area (TPSA) is 67.1 Å². The number of anilines is 2. The second-order valence-electron chi connectivity index (χ2n) is 8.46. The largest absolute Gasteiger partial charge is 0.365 e. The number of nitrogens with two attached hydrogens (primary N) is 1. The Morgan fingerprint density at radius 1 is 0.875 bits per heavy atom. The molecule has 164 valence electrons. The van der Waals surface area contributed by atoms with Crippen molar-refractivity contribution < 1.29 is 0 Å². The van der Waals surface area contributed by atoms with Crippen molar-refractivity contribution in [2.24, 2.45) is 5.73 Å². The van der Waals surface area contributed by atoms with Gasteiger partial charge in [-0.1, -0.05) is 66.2 Å². The summed E-state index contributed by atoms with van der Waals surface area (Å²) in [7, 11) is 0. The van der Waals surface area contributed by atoms with Crippen molar-refractivity contribution in [3.05, 3.63) is 95.0 Å². The van der Waals surface area contributed by atoms with E-state index >= 15 is 0 Å². The Morgan fingerprint density at radius 2 is 1.56 bits per heavy atom. The number of nitrogens with one attached hydrogen (secondary N) is 1. The Kier molecular flexibility index (Phi) is 6.58. The van der Waals surface area contributed by atoms with Crippen molar-refractivity contribution in [1.29, 1.82) is 0 Å².